The molecule has 0 aliphatic heterocycles. The normalized spacial score (nSPS) is 11.3. The van der Waals surface area contributed by atoms with Gasteiger partial charge in [-0.1, -0.05) is 12.1 Å². The second kappa shape index (κ2) is 5.80. The molecule has 1 N–H and O–H groups in total. The van der Waals surface area contributed by atoms with Crippen LogP contribution in [-0.4, -0.2) is 13.0 Å². The molecule has 7 heteroatoms. The van der Waals surface area contributed by atoms with Crippen LogP contribution in [0, 0.1) is 0 Å². The number of aromatic nitrogens is 1. The lowest BCUT2D eigenvalue weighted by Crippen LogP contribution is -2.20. The van der Waals surface area contributed by atoms with Crippen molar-refractivity contribution in [1.82, 2.24) is 4.57 Å². The van der Waals surface area contributed by atoms with Crippen LogP contribution in [0.25, 0.3) is 0 Å². The molecular weight excluding hydrogens is 344 g/mol. The highest BCUT2D eigenvalue weighted by Crippen LogP contribution is 2.23. The highest BCUT2D eigenvalue weighted by Gasteiger charge is 2.17. The van der Waals surface area contributed by atoms with Gasteiger partial charge >= 0.3 is 0 Å². The van der Waals surface area contributed by atoms with Gasteiger partial charge in [-0.25, -0.2) is 8.42 Å². The van der Waals surface area contributed by atoms with Crippen LogP contribution in [0.2, 0.25) is 0 Å². The number of pyridine rings is 1. The number of sulfonamides is 1. The summed E-state index contributed by atoms with van der Waals surface area (Å²) >= 11 is 3.21. The lowest BCUT2D eigenvalue weighted by Gasteiger charge is -2.10. The summed E-state index contributed by atoms with van der Waals surface area (Å²) in [5.41, 5.74) is 0.179. The van der Waals surface area contributed by atoms with E-state index in [2.05, 4.69) is 20.7 Å². The fourth-order valence-corrected chi connectivity index (χ4v) is 3.76. The minimum absolute atomic E-state index is 0.147. The monoisotopic (exact) mass is 356 g/mol. The van der Waals surface area contributed by atoms with Crippen LogP contribution < -0.4 is 10.3 Å². The molecule has 0 saturated heterocycles. The molecular formula is C13H13BrN2O3S. The summed E-state index contributed by atoms with van der Waals surface area (Å²) in [6.45, 7) is 2.29. The van der Waals surface area contributed by atoms with Crippen molar-refractivity contribution in [2.75, 3.05) is 4.72 Å². The maximum absolute atomic E-state index is 12.3. The fraction of sp³-hybridized carbons (Fsp3) is 0.154. The van der Waals surface area contributed by atoms with E-state index in [1.807, 2.05) is 6.92 Å². The van der Waals surface area contributed by atoms with E-state index in [1.165, 1.54) is 29.0 Å². The van der Waals surface area contributed by atoms with Crippen LogP contribution >= 0.6 is 15.9 Å². The van der Waals surface area contributed by atoms with Crippen LogP contribution in [-0.2, 0) is 16.6 Å². The van der Waals surface area contributed by atoms with Gasteiger partial charge in [0.25, 0.3) is 15.6 Å². The number of nitrogens with zero attached hydrogens (tertiary/aromatic N) is 1. The summed E-state index contributed by atoms with van der Waals surface area (Å²) in [6, 6.07) is 9.32. The number of hydrogen-bond acceptors (Lipinski definition) is 3. The molecule has 1 aromatic carbocycles. The second-order valence-corrected chi connectivity index (χ2v) is 6.58. The molecule has 0 aliphatic carbocycles. The van der Waals surface area contributed by atoms with E-state index < -0.39 is 10.0 Å². The van der Waals surface area contributed by atoms with Gasteiger partial charge in [0.05, 0.1) is 5.69 Å². The molecule has 5 nitrogen and oxygen atoms in total. The minimum Gasteiger partial charge on any atom is -0.314 e. The van der Waals surface area contributed by atoms with Crippen molar-refractivity contribution in [2.24, 2.45) is 0 Å². The predicted octanol–water partition coefficient (Wildman–Crippen LogP) is 2.43. The van der Waals surface area contributed by atoms with Crippen LogP contribution in [0.4, 0.5) is 5.69 Å². The lowest BCUT2D eigenvalue weighted by atomic mass is 10.4. The van der Waals surface area contributed by atoms with Gasteiger partial charge in [0.15, 0.2) is 0 Å². The van der Waals surface area contributed by atoms with E-state index in [0.717, 1.165) is 0 Å². The molecule has 1 heterocycles. The Morgan fingerprint density at radius 1 is 1.20 bits per heavy atom. The molecule has 2 rings (SSSR count). The van der Waals surface area contributed by atoms with Crippen molar-refractivity contribution in [3.05, 3.63) is 57.4 Å². The van der Waals surface area contributed by atoms with Gasteiger partial charge < -0.3 is 4.57 Å². The molecule has 0 spiro atoms. The third kappa shape index (κ3) is 3.10. The number of hydrogen-bond donors (Lipinski definition) is 1. The number of aryl methyl sites for hydroxylation is 1. The Hall–Kier alpha value is -1.60. The average Bonchev–Trinajstić information content (AvgIpc) is 2.41. The average molecular weight is 357 g/mol. The van der Waals surface area contributed by atoms with Gasteiger partial charge in [-0.2, -0.15) is 0 Å². The summed E-state index contributed by atoms with van der Waals surface area (Å²) in [5.74, 6) is 0. The van der Waals surface area contributed by atoms with Crippen molar-refractivity contribution < 1.29 is 8.42 Å². The molecule has 106 valence electrons. The van der Waals surface area contributed by atoms with E-state index in [9.17, 15) is 13.2 Å². The first kappa shape index (κ1) is 14.8. The van der Waals surface area contributed by atoms with E-state index in [4.69, 9.17) is 0 Å². The van der Waals surface area contributed by atoms with Crippen LogP contribution in [0.15, 0.2) is 56.8 Å². The zero-order chi connectivity index (χ0) is 14.8. The fourth-order valence-electron chi connectivity index (χ4n) is 1.71. The topological polar surface area (TPSA) is 68.2 Å². The number of anilines is 1. The molecule has 0 radical (unpaired) electrons. The highest BCUT2D eigenvalue weighted by molar-refractivity contribution is 9.10. The van der Waals surface area contributed by atoms with E-state index in [-0.39, 0.29) is 10.5 Å². The Morgan fingerprint density at radius 2 is 1.90 bits per heavy atom. The quantitative estimate of drug-likeness (QED) is 0.914. The molecule has 1 aromatic heterocycles. The van der Waals surface area contributed by atoms with Gasteiger partial charge in [-0.3, -0.25) is 9.52 Å². The third-order valence-corrected chi connectivity index (χ3v) is 5.10. The predicted molar refractivity (Wildman–Crippen MR) is 81.3 cm³/mol. The number of rotatable bonds is 4. The van der Waals surface area contributed by atoms with Crippen molar-refractivity contribution in [1.29, 1.82) is 0 Å². The zero-order valence-corrected chi connectivity index (χ0v) is 13.1. The summed E-state index contributed by atoms with van der Waals surface area (Å²) in [4.78, 5) is 11.6. The minimum atomic E-state index is -3.69. The second-order valence-electron chi connectivity index (χ2n) is 4.08. The molecule has 0 bridgehead atoms. The Balaban J connectivity index is 2.39. The summed E-state index contributed by atoms with van der Waals surface area (Å²) < 4.78 is 28.9. The van der Waals surface area contributed by atoms with E-state index in [0.29, 0.717) is 16.7 Å². The maximum atomic E-state index is 12.3. The third-order valence-electron chi connectivity index (χ3n) is 2.70. The SMILES string of the molecule is CCn1cc(NS(=O)(=O)c2ccccc2Br)ccc1=O. The van der Waals surface area contributed by atoms with Gasteiger partial charge in [-0.15, -0.1) is 0 Å². The Morgan fingerprint density at radius 3 is 2.55 bits per heavy atom. The molecule has 0 atom stereocenters. The number of halogens is 1. The number of benzene rings is 1. The van der Waals surface area contributed by atoms with Gasteiger partial charge in [0, 0.05) is 23.3 Å². The van der Waals surface area contributed by atoms with Crippen LogP contribution in [0.5, 0.6) is 0 Å². The van der Waals surface area contributed by atoms with Gasteiger partial charge in [0.2, 0.25) is 0 Å². The smallest absolute Gasteiger partial charge is 0.263 e. The molecule has 0 unspecified atom stereocenters. The first-order chi connectivity index (χ1) is 9.44. The van der Waals surface area contributed by atoms with Crippen molar-refractivity contribution in [3.8, 4) is 0 Å². The van der Waals surface area contributed by atoms with E-state index >= 15 is 0 Å². The number of nitrogens with one attached hydrogen (secondary N) is 1. The van der Waals surface area contributed by atoms with Gasteiger partial charge in [-0.05, 0) is 41.1 Å². The Kier molecular flexibility index (Phi) is 4.29. The molecule has 2 aromatic rings. The van der Waals surface area contributed by atoms with Crippen LogP contribution in [0.1, 0.15) is 6.92 Å². The molecule has 20 heavy (non-hydrogen) atoms. The largest absolute Gasteiger partial charge is 0.314 e. The summed E-state index contributed by atoms with van der Waals surface area (Å²) in [5, 5.41) is 0. The van der Waals surface area contributed by atoms with Crippen molar-refractivity contribution in [2.45, 2.75) is 18.4 Å². The van der Waals surface area contributed by atoms with Crippen molar-refractivity contribution in [3.63, 3.8) is 0 Å². The van der Waals surface area contributed by atoms with Crippen molar-refractivity contribution >= 4 is 31.6 Å². The maximum Gasteiger partial charge on any atom is 0.263 e. The van der Waals surface area contributed by atoms with Gasteiger partial charge in [0.1, 0.15) is 4.90 Å². The zero-order valence-electron chi connectivity index (χ0n) is 10.7. The Bertz CT molecular complexity index is 784. The first-order valence-electron chi connectivity index (χ1n) is 5.92. The molecule has 0 aliphatic rings. The molecule has 0 saturated carbocycles. The Labute approximate surface area is 125 Å². The standard InChI is InChI=1S/C13H13BrN2O3S/c1-2-16-9-10(7-8-13(16)17)15-20(18,19)12-6-4-3-5-11(12)14/h3-9,15H,2H2,1H3. The van der Waals surface area contributed by atoms with E-state index in [1.54, 1.807) is 18.2 Å². The highest BCUT2D eigenvalue weighted by atomic mass is 79.9. The molecule has 0 amide bonds. The lowest BCUT2D eigenvalue weighted by molar-refractivity contribution is 0.600. The summed E-state index contributed by atoms with van der Waals surface area (Å²) in [7, 11) is -3.69. The molecule has 0 fully saturated rings. The van der Waals surface area contributed by atoms with Crippen LogP contribution in [0.3, 0.4) is 0 Å². The first-order valence-corrected chi connectivity index (χ1v) is 8.19. The summed E-state index contributed by atoms with van der Waals surface area (Å²) in [6.07, 6.45) is 1.48.